The van der Waals surface area contributed by atoms with Gasteiger partial charge < -0.3 is 18.9 Å². The fraction of sp³-hybridized carbons (Fsp3) is 0.952. The molecule has 0 N–H and O–H groups in total. The molecule has 0 aromatic carbocycles. The molecule has 4 rings (SSSR count). The van der Waals surface area contributed by atoms with Gasteiger partial charge in [-0.25, -0.2) is 4.79 Å². The molecular formula is C21H35NO5. The van der Waals surface area contributed by atoms with E-state index in [9.17, 15) is 4.79 Å². The Labute approximate surface area is 162 Å². The van der Waals surface area contributed by atoms with Crippen molar-refractivity contribution in [2.75, 3.05) is 13.7 Å². The molecule has 4 aliphatic rings. The van der Waals surface area contributed by atoms with Gasteiger partial charge in [-0.05, 0) is 73.1 Å². The summed E-state index contributed by atoms with van der Waals surface area (Å²) in [5.41, 5.74) is -1.24. The van der Waals surface area contributed by atoms with Crippen LogP contribution in [0.2, 0.25) is 0 Å². The summed E-state index contributed by atoms with van der Waals surface area (Å²) in [4.78, 5) is 15.0. The third kappa shape index (κ3) is 3.08. The molecule has 2 saturated carbocycles. The fourth-order valence-electron chi connectivity index (χ4n) is 5.08. The van der Waals surface area contributed by atoms with Crippen molar-refractivity contribution in [1.82, 2.24) is 4.90 Å². The number of rotatable bonds is 2. The van der Waals surface area contributed by atoms with Gasteiger partial charge in [-0.3, -0.25) is 4.90 Å². The molecule has 0 radical (unpaired) electrons. The summed E-state index contributed by atoms with van der Waals surface area (Å²) in [7, 11) is 1.68. The van der Waals surface area contributed by atoms with Gasteiger partial charge in [-0.2, -0.15) is 0 Å². The van der Waals surface area contributed by atoms with Gasteiger partial charge in [0.1, 0.15) is 17.3 Å². The first-order chi connectivity index (χ1) is 12.4. The lowest BCUT2D eigenvalue weighted by Gasteiger charge is -2.59. The molecule has 6 heteroatoms. The summed E-state index contributed by atoms with van der Waals surface area (Å²) < 4.78 is 24.7. The molecular weight excluding hydrogens is 346 g/mol. The normalized spacial score (nSPS) is 39.8. The molecule has 0 aromatic rings. The van der Waals surface area contributed by atoms with Gasteiger partial charge >= 0.3 is 6.09 Å². The topological polar surface area (TPSA) is 57.2 Å². The monoisotopic (exact) mass is 381 g/mol. The van der Waals surface area contributed by atoms with E-state index < -0.39 is 17.0 Å². The minimum absolute atomic E-state index is 0.0448. The Morgan fingerprint density at radius 1 is 1.11 bits per heavy atom. The fourth-order valence-corrected chi connectivity index (χ4v) is 5.08. The van der Waals surface area contributed by atoms with Crippen molar-refractivity contribution in [3.05, 3.63) is 0 Å². The predicted octanol–water partition coefficient (Wildman–Crippen LogP) is 3.72. The van der Waals surface area contributed by atoms with Crippen molar-refractivity contribution in [3.8, 4) is 0 Å². The third-order valence-electron chi connectivity index (χ3n) is 7.04. The molecule has 6 nitrogen and oxygen atoms in total. The molecule has 4 atom stereocenters. The van der Waals surface area contributed by atoms with Crippen molar-refractivity contribution < 1.29 is 23.7 Å². The van der Waals surface area contributed by atoms with E-state index in [0.717, 1.165) is 12.8 Å². The molecule has 0 bridgehead atoms. The maximum Gasteiger partial charge on any atom is 0.410 e. The van der Waals surface area contributed by atoms with Crippen LogP contribution in [0.15, 0.2) is 0 Å². The zero-order chi connectivity index (χ0) is 19.8. The molecule has 2 aliphatic heterocycles. The zero-order valence-electron chi connectivity index (χ0n) is 17.8. The van der Waals surface area contributed by atoms with Gasteiger partial charge in [0.25, 0.3) is 0 Å². The quantitative estimate of drug-likeness (QED) is 0.730. The van der Waals surface area contributed by atoms with Crippen LogP contribution in [0.5, 0.6) is 0 Å². The Hall–Kier alpha value is -0.850. The van der Waals surface area contributed by atoms with Gasteiger partial charge in [-0.1, -0.05) is 0 Å². The minimum Gasteiger partial charge on any atom is -0.444 e. The minimum atomic E-state index is -0.800. The molecule has 0 aromatic heterocycles. The summed E-state index contributed by atoms with van der Waals surface area (Å²) in [6.07, 6.45) is 4.03. The number of hydrogen-bond donors (Lipinski definition) is 0. The first kappa shape index (κ1) is 19.5. The van der Waals surface area contributed by atoms with E-state index in [0.29, 0.717) is 12.5 Å². The summed E-state index contributed by atoms with van der Waals surface area (Å²) >= 11 is 0. The summed E-state index contributed by atoms with van der Waals surface area (Å²) in [5, 5.41) is 0. The molecule has 154 valence electrons. The number of fused-ring (bicyclic) bond motifs is 1. The molecule has 2 saturated heterocycles. The van der Waals surface area contributed by atoms with Gasteiger partial charge in [0.05, 0.1) is 18.2 Å². The number of methoxy groups -OCH3 is 1. The SMILES string of the molecule is CO[C@@]1(C)O[C@@H]2[C@@H](C3CC3)C3(CC3)N(C(=O)OC(C)(C)C)C[C@H]2OC1(C)C. The van der Waals surface area contributed by atoms with Crippen LogP contribution < -0.4 is 0 Å². The first-order valence-electron chi connectivity index (χ1n) is 10.3. The van der Waals surface area contributed by atoms with E-state index in [-0.39, 0.29) is 29.8 Å². The smallest absolute Gasteiger partial charge is 0.410 e. The van der Waals surface area contributed by atoms with E-state index in [1.54, 1.807) is 7.11 Å². The number of likely N-dealkylation sites (tertiary alicyclic amines) is 1. The molecule has 0 unspecified atom stereocenters. The Bertz CT molecular complexity index is 619. The largest absolute Gasteiger partial charge is 0.444 e. The molecule has 1 spiro atoms. The number of hydrogen-bond acceptors (Lipinski definition) is 5. The average Bonchev–Trinajstić information content (AvgIpc) is 3.43. The van der Waals surface area contributed by atoms with Crippen molar-refractivity contribution in [2.45, 2.75) is 102 Å². The predicted molar refractivity (Wildman–Crippen MR) is 100 cm³/mol. The van der Waals surface area contributed by atoms with Gasteiger partial charge in [0.15, 0.2) is 5.79 Å². The van der Waals surface area contributed by atoms with Crippen molar-refractivity contribution in [1.29, 1.82) is 0 Å². The van der Waals surface area contributed by atoms with Crippen molar-refractivity contribution in [3.63, 3.8) is 0 Å². The van der Waals surface area contributed by atoms with Crippen LogP contribution in [0.3, 0.4) is 0 Å². The lowest BCUT2D eigenvalue weighted by Crippen LogP contribution is -2.72. The van der Waals surface area contributed by atoms with Crippen LogP contribution in [0, 0.1) is 11.8 Å². The van der Waals surface area contributed by atoms with Crippen LogP contribution in [-0.4, -0.2) is 59.4 Å². The van der Waals surface area contributed by atoms with Crippen LogP contribution >= 0.6 is 0 Å². The summed E-state index contributed by atoms with van der Waals surface area (Å²) in [6.45, 7) is 12.2. The second-order valence-electron chi connectivity index (χ2n) is 10.5. The van der Waals surface area contributed by atoms with Gasteiger partial charge in [0.2, 0.25) is 0 Å². The number of carbonyl (C=O) groups excluding carboxylic acids is 1. The third-order valence-corrected chi connectivity index (χ3v) is 7.04. The number of carbonyl (C=O) groups is 1. The second-order valence-corrected chi connectivity index (χ2v) is 10.5. The summed E-state index contributed by atoms with van der Waals surface area (Å²) in [6, 6.07) is 0. The Morgan fingerprint density at radius 2 is 1.74 bits per heavy atom. The van der Waals surface area contributed by atoms with E-state index in [1.807, 2.05) is 46.4 Å². The van der Waals surface area contributed by atoms with Crippen LogP contribution in [0.25, 0.3) is 0 Å². The molecule has 2 heterocycles. The Kier molecular flexibility index (Phi) is 4.20. The zero-order valence-corrected chi connectivity index (χ0v) is 17.8. The Balaban J connectivity index is 1.66. The van der Waals surface area contributed by atoms with Crippen LogP contribution in [0.4, 0.5) is 4.79 Å². The summed E-state index contributed by atoms with van der Waals surface area (Å²) in [5.74, 6) is 0.0800. The van der Waals surface area contributed by atoms with Crippen molar-refractivity contribution in [2.24, 2.45) is 11.8 Å². The van der Waals surface area contributed by atoms with E-state index >= 15 is 0 Å². The second kappa shape index (κ2) is 5.83. The highest BCUT2D eigenvalue weighted by molar-refractivity contribution is 5.70. The highest BCUT2D eigenvalue weighted by atomic mass is 16.7. The first-order valence-corrected chi connectivity index (χ1v) is 10.3. The van der Waals surface area contributed by atoms with E-state index in [2.05, 4.69) is 0 Å². The highest BCUT2D eigenvalue weighted by Crippen LogP contribution is 2.62. The van der Waals surface area contributed by atoms with E-state index in [1.165, 1.54) is 12.8 Å². The Morgan fingerprint density at radius 3 is 2.22 bits per heavy atom. The lowest BCUT2D eigenvalue weighted by molar-refractivity contribution is -0.398. The maximum atomic E-state index is 13.1. The molecule has 1 amide bonds. The van der Waals surface area contributed by atoms with Crippen LogP contribution in [0.1, 0.15) is 67.2 Å². The highest BCUT2D eigenvalue weighted by Gasteiger charge is 2.69. The van der Waals surface area contributed by atoms with Crippen LogP contribution in [-0.2, 0) is 18.9 Å². The molecule has 4 fully saturated rings. The van der Waals surface area contributed by atoms with E-state index in [4.69, 9.17) is 18.9 Å². The molecule has 2 aliphatic carbocycles. The molecule has 27 heavy (non-hydrogen) atoms. The number of piperidine rings is 1. The average molecular weight is 382 g/mol. The number of amides is 1. The van der Waals surface area contributed by atoms with Crippen molar-refractivity contribution >= 4 is 6.09 Å². The number of nitrogens with zero attached hydrogens (tertiary/aromatic N) is 1. The lowest BCUT2D eigenvalue weighted by atomic mass is 9.77. The van der Waals surface area contributed by atoms with Gasteiger partial charge in [0, 0.05) is 13.0 Å². The maximum absolute atomic E-state index is 13.1. The van der Waals surface area contributed by atoms with Gasteiger partial charge in [-0.15, -0.1) is 0 Å². The number of ether oxygens (including phenoxy) is 4. The standard InChI is InChI=1S/C21H35NO5/c1-18(2,3)27-17(23)22-12-14-16(15(13-8-9-13)21(22)10-11-21)26-20(6,24-7)19(4,5)25-14/h13-16H,8-12H2,1-7H3/t14-,15-,16+,20+/m1/s1.